The molecular formula is C10H16O. The first kappa shape index (κ1) is 6.47. The van der Waals surface area contributed by atoms with Crippen molar-refractivity contribution in [1.29, 1.82) is 0 Å². The summed E-state index contributed by atoms with van der Waals surface area (Å²) in [6.45, 7) is 2.39. The van der Waals surface area contributed by atoms with Crippen LogP contribution in [-0.2, 0) is 0 Å². The second kappa shape index (κ2) is 1.66. The van der Waals surface area contributed by atoms with Gasteiger partial charge in [-0.05, 0) is 48.9 Å². The molecule has 5 atom stereocenters. The third-order valence-electron chi connectivity index (χ3n) is 4.61. The van der Waals surface area contributed by atoms with Crippen molar-refractivity contribution in [2.75, 3.05) is 0 Å². The minimum atomic E-state index is 0.0613. The number of hydrogen-bond acceptors (Lipinski definition) is 1. The Labute approximate surface area is 67.8 Å². The van der Waals surface area contributed by atoms with E-state index in [4.69, 9.17) is 0 Å². The van der Waals surface area contributed by atoms with E-state index in [1.165, 1.54) is 19.3 Å². The van der Waals surface area contributed by atoms with Crippen LogP contribution in [0.4, 0.5) is 0 Å². The topological polar surface area (TPSA) is 20.2 Å². The molecule has 0 saturated heterocycles. The molecule has 0 radical (unpaired) electrons. The Morgan fingerprint density at radius 2 is 2.27 bits per heavy atom. The molecule has 1 heteroatoms. The maximum Gasteiger partial charge on any atom is 0.0579 e. The fourth-order valence-electron chi connectivity index (χ4n) is 4.34. The maximum absolute atomic E-state index is 9.77. The summed E-state index contributed by atoms with van der Waals surface area (Å²) in [5.74, 6) is 2.50. The van der Waals surface area contributed by atoms with E-state index in [2.05, 4.69) is 6.92 Å². The molecule has 0 aliphatic heterocycles. The summed E-state index contributed by atoms with van der Waals surface area (Å²) >= 11 is 0. The molecule has 0 aromatic rings. The summed E-state index contributed by atoms with van der Waals surface area (Å²) in [6.07, 6.45) is 5.38. The Balaban J connectivity index is 2.04. The minimum absolute atomic E-state index is 0.0613. The van der Waals surface area contributed by atoms with Crippen molar-refractivity contribution in [3.05, 3.63) is 0 Å². The maximum atomic E-state index is 9.77. The Morgan fingerprint density at radius 3 is 2.82 bits per heavy atom. The fraction of sp³-hybridized carbons (Fsp3) is 1.00. The molecule has 0 heterocycles. The van der Waals surface area contributed by atoms with Gasteiger partial charge in [-0.25, -0.2) is 0 Å². The smallest absolute Gasteiger partial charge is 0.0579 e. The molecule has 0 aromatic heterocycles. The number of aliphatic hydroxyl groups is 1. The zero-order chi connectivity index (χ0) is 7.64. The van der Waals surface area contributed by atoms with Crippen molar-refractivity contribution in [2.45, 2.75) is 38.7 Å². The lowest BCUT2D eigenvalue weighted by Crippen LogP contribution is -2.31. The molecule has 1 nitrogen and oxygen atoms in total. The monoisotopic (exact) mass is 152 g/mol. The fourth-order valence-corrected chi connectivity index (χ4v) is 4.34. The average Bonchev–Trinajstić information content (AvgIpc) is 2.46. The van der Waals surface area contributed by atoms with E-state index < -0.39 is 0 Å². The molecule has 0 amide bonds. The highest BCUT2D eigenvalue weighted by atomic mass is 16.3. The first-order chi connectivity index (χ1) is 5.21. The molecule has 0 spiro atoms. The van der Waals surface area contributed by atoms with E-state index in [1.54, 1.807) is 0 Å². The predicted molar refractivity (Wildman–Crippen MR) is 43.1 cm³/mol. The largest absolute Gasteiger partial charge is 0.393 e. The van der Waals surface area contributed by atoms with Crippen LogP contribution < -0.4 is 0 Å². The molecule has 3 aliphatic rings. The van der Waals surface area contributed by atoms with Crippen molar-refractivity contribution in [3.8, 4) is 0 Å². The van der Waals surface area contributed by atoms with E-state index >= 15 is 0 Å². The van der Waals surface area contributed by atoms with Gasteiger partial charge in [0.2, 0.25) is 0 Å². The molecule has 3 aliphatic carbocycles. The molecule has 3 rings (SSSR count). The van der Waals surface area contributed by atoms with Crippen LogP contribution in [0.5, 0.6) is 0 Å². The normalized spacial score (nSPS) is 66.0. The predicted octanol–water partition coefficient (Wildman–Crippen LogP) is 1.80. The highest BCUT2D eigenvalue weighted by Gasteiger charge is 2.62. The molecular weight excluding hydrogens is 136 g/mol. The lowest BCUT2D eigenvalue weighted by atomic mass is 9.73. The summed E-state index contributed by atoms with van der Waals surface area (Å²) in [5.41, 5.74) is 0.549. The Kier molecular flexibility index (Phi) is 0.976. The summed E-state index contributed by atoms with van der Waals surface area (Å²) in [5, 5.41) is 9.77. The van der Waals surface area contributed by atoms with Crippen molar-refractivity contribution < 1.29 is 5.11 Å². The average molecular weight is 152 g/mol. The van der Waals surface area contributed by atoms with Gasteiger partial charge in [-0.2, -0.15) is 0 Å². The van der Waals surface area contributed by atoms with Gasteiger partial charge in [0.1, 0.15) is 0 Å². The molecule has 1 N–H and O–H groups in total. The first-order valence-electron chi connectivity index (χ1n) is 4.89. The lowest BCUT2D eigenvalue weighted by molar-refractivity contribution is 0.0398. The van der Waals surface area contributed by atoms with Gasteiger partial charge < -0.3 is 5.11 Å². The lowest BCUT2D eigenvalue weighted by Gasteiger charge is -2.34. The van der Waals surface area contributed by atoms with Crippen LogP contribution in [0.15, 0.2) is 0 Å². The Morgan fingerprint density at radius 1 is 1.45 bits per heavy atom. The second-order valence-electron chi connectivity index (χ2n) is 5.15. The van der Waals surface area contributed by atoms with Crippen LogP contribution in [0.25, 0.3) is 0 Å². The standard InChI is InChI=1S/C10H16O/c1-10-3-2-7-6(5-10)4-8(11)9(7)10/h6-9,11H,2-5H2,1H3/t6-,7+,8+,9+,10-/m1/s1. The van der Waals surface area contributed by atoms with Crippen molar-refractivity contribution in [1.82, 2.24) is 0 Å². The van der Waals surface area contributed by atoms with Crippen molar-refractivity contribution >= 4 is 0 Å². The quantitative estimate of drug-likeness (QED) is 0.561. The number of hydrogen-bond donors (Lipinski definition) is 1. The third kappa shape index (κ3) is 0.581. The SMILES string of the molecule is C[C@]12CC[C@H]3[C@H](C[C@H](O)[C@H]31)C2. The van der Waals surface area contributed by atoms with Crippen LogP contribution in [0, 0.1) is 23.2 Å². The van der Waals surface area contributed by atoms with Crippen LogP contribution in [0.1, 0.15) is 32.6 Å². The Bertz CT molecular complexity index is 201. The molecule has 62 valence electrons. The highest BCUT2D eigenvalue weighted by Crippen LogP contribution is 2.67. The van der Waals surface area contributed by atoms with Gasteiger partial charge in [-0.1, -0.05) is 6.92 Å². The Hall–Kier alpha value is -0.0400. The number of aliphatic hydroxyl groups excluding tert-OH is 1. The summed E-state index contributed by atoms with van der Waals surface area (Å²) < 4.78 is 0. The summed E-state index contributed by atoms with van der Waals surface area (Å²) in [7, 11) is 0. The van der Waals surface area contributed by atoms with E-state index in [0.717, 1.165) is 18.3 Å². The molecule has 3 fully saturated rings. The van der Waals surface area contributed by atoms with Crippen LogP contribution in [0.3, 0.4) is 0 Å². The molecule has 0 aromatic carbocycles. The van der Waals surface area contributed by atoms with Gasteiger partial charge in [-0.3, -0.25) is 0 Å². The molecule has 11 heavy (non-hydrogen) atoms. The van der Waals surface area contributed by atoms with Crippen molar-refractivity contribution in [2.24, 2.45) is 23.2 Å². The molecule has 3 saturated carbocycles. The molecule has 4 bridgehead atoms. The number of rotatable bonds is 0. The molecule has 0 unspecified atom stereocenters. The van der Waals surface area contributed by atoms with Crippen LogP contribution >= 0.6 is 0 Å². The second-order valence-corrected chi connectivity index (χ2v) is 5.15. The van der Waals surface area contributed by atoms with Crippen LogP contribution in [0.2, 0.25) is 0 Å². The van der Waals surface area contributed by atoms with Gasteiger partial charge in [0.05, 0.1) is 6.10 Å². The summed E-state index contributed by atoms with van der Waals surface area (Å²) in [6, 6.07) is 0. The van der Waals surface area contributed by atoms with E-state index in [0.29, 0.717) is 11.3 Å². The highest BCUT2D eigenvalue weighted by molar-refractivity contribution is 5.11. The van der Waals surface area contributed by atoms with Gasteiger partial charge >= 0.3 is 0 Å². The zero-order valence-corrected chi connectivity index (χ0v) is 7.09. The van der Waals surface area contributed by atoms with E-state index in [1.807, 2.05) is 0 Å². The van der Waals surface area contributed by atoms with Crippen molar-refractivity contribution in [3.63, 3.8) is 0 Å². The zero-order valence-electron chi connectivity index (χ0n) is 7.09. The van der Waals surface area contributed by atoms with E-state index in [-0.39, 0.29) is 6.10 Å². The minimum Gasteiger partial charge on any atom is -0.393 e. The van der Waals surface area contributed by atoms with Gasteiger partial charge in [-0.15, -0.1) is 0 Å². The van der Waals surface area contributed by atoms with Gasteiger partial charge in [0.25, 0.3) is 0 Å². The summed E-state index contributed by atoms with van der Waals surface area (Å²) in [4.78, 5) is 0. The third-order valence-corrected chi connectivity index (χ3v) is 4.61. The van der Waals surface area contributed by atoms with E-state index in [9.17, 15) is 5.11 Å². The van der Waals surface area contributed by atoms with Crippen LogP contribution in [-0.4, -0.2) is 11.2 Å². The van der Waals surface area contributed by atoms with Gasteiger partial charge in [0, 0.05) is 0 Å². The first-order valence-corrected chi connectivity index (χ1v) is 4.89. The van der Waals surface area contributed by atoms with Gasteiger partial charge in [0.15, 0.2) is 0 Å².